The number of ether oxygens (including phenoxy) is 2. The number of anilines is 1. The van der Waals surface area contributed by atoms with Crippen LogP contribution >= 0.6 is 12.4 Å². The van der Waals surface area contributed by atoms with E-state index in [0.717, 1.165) is 47.5 Å². The first-order valence-electron chi connectivity index (χ1n) is 9.91. The zero-order chi connectivity index (χ0) is 21.7. The molecular formula is C23H30ClN3O4. The van der Waals surface area contributed by atoms with Crippen LogP contribution in [0.15, 0.2) is 36.4 Å². The quantitative estimate of drug-likeness (QED) is 0.424. The van der Waals surface area contributed by atoms with Crippen LogP contribution in [0.25, 0.3) is 22.6 Å². The molecule has 0 unspecified atom stereocenters. The Hall–Kier alpha value is -2.90. The topological polar surface area (TPSA) is 90.8 Å². The first-order valence-corrected chi connectivity index (χ1v) is 9.91. The van der Waals surface area contributed by atoms with Crippen LogP contribution in [0.4, 0.5) is 5.69 Å². The molecular weight excluding hydrogens is 418 g/mol. The molecule has 2 aromatic carbocycles. The number of phenols is 1. The summed E-state index contributed by atoms with van der Waals surface area (Å²) in [5.41, 5.74) is 4.76. The summed E-state index contributed by atoms with van der Waals surface area (Å²) in [6.45, 7) is 0.167. The molecule has 0 fully saturated rings. The molecule has 0 aliphatic rings. The maximum Gasteiger partial charge on any atom is 0.200 e. The van der Waals surface area contributed by atoms with E-state index in [9.17, 15) is 5.11 Å². The lowest BCUT2D eigenvalue weighted by atomic mass is 10.1. The SMILES string of the molecule is COc1cc(-c2nc(-c3ccc(N(C)C)cc3)c(CCCCO)[nH]2)cc(OC)c1O.Cl. The number of nitrogens with one attached hydrogen (secondary N) is 1. The number of halogens is 1. The van der Waals surface area contributed by atoms with E-state index in [1.807, 2.05) is 14.1 Å². The van der Waals surface area contributed by atoms with Crippen LogP contribution in [-0.2, 0) is 6.42 Å². The van der Waals surface area contributed by atoms with Gasteiger partial charge in [0.2, 0.25) is 5.75 Å². The summed E-state index contributed by atoms with van der Waals surface area (Å²) >= 11 is 0. The first kappa shape index (κ1) is 24.4. The third-order valence-corrected chi connectivity index (χ3v) is 5.02. The van der Waals surface area contributed by atoms with Crippen molar-refractivity contribution in [3.05, 3.63) is 42.1 Å². The fourth-order valence-electron chi connectivity index (χ4n) is 3.33. The number of hydrogen-bond donors (Lipinski definition) is 3. The van der Waals surface area contributed by atoms with Crippen molar-refractivity contribution in [2.75, 3.05) is 39.8 Å². The van der Waals surface area contributed by atoms with E-state index in [4.69, 9.17) is 19.6 Å². The smallest absolute Gasteiger partial charge is 0.200 e. The molecule has 3 aromatic rings. The predicted octanol–water partition coefficient (Wildman–Crippen LogP) is 4.27. The van der Waals surface area contributed by atoms with E-state index in [0.29, 0.717) is 17.3 Å². The Labute approximate surface area is 189 Å². The Kier molecular flexibility index (Phi) is 8.59. The maximum absolute atomic E-state index is 10.2. The normalized spacial score (nSPS) is 10.5. The fourth-order valence-corrected chi connectivity index (χ4v) is 3.33. The molecule has 0 saturated heterocycles. The standard InChI is InChI=1S/C23H29N3O4.ClH/c1-26(2)17-10-8-15(9-11-17)21-18(7-5-6-12-27)24-23(25-21)16-13-19(29-3)22(28)20(14-16)30-4;/h8-11,13-14,27-28H,5-7,12H2,1-4H3,(H,24,25);1H. The summed E-state index contributed by atoms with van der Waals surface area (Å²) in [7, 11) is 7.01. The van der Waals surface area contributed by atoms with Crippen LogP contribution in [0.1, 0.15) is 18.5 Å². The molecule has 3 rings (SSSR count). The van der Waals surface area contributed by atoms with Crippen molar-refractivity contribution in [3.8, 4) is 39.9 Å². The summed E-state index contributed by atoms with van der Waals surface area (Å²) in [5.74, 6) is 1.26. The molecule has 0 aliphatic carbocycles. The number of methoxy groups -OCH3 is 2. The number of phenolic OH excluding ortho intramolecular Hbond substituents is 1. The number of nitrogens with zero attached hydrogens (tertiary/aromatic N) is 2. The number of aryl methyl sites for hydroxylation is 1. The number of hydrogen-bond acceptors (Lipinski definition) is 6. The van der Waals surface area contributed by atoms with Crippen LogP contribution in [-0.4, -0.2) is 55.1 Å². The van der Waals surface area contributed by atoms with E-state index in [2.05, 4.69) is 34.1 Å². The summed E-state index contributed by atoms with van der Waals surface area (Å²) in [6.07, 6.45) is 2.35. The van der Waals surface area contributed by atoms with E-state index in [1.54, 1.807) is 12.1 Å². The van der Waals surface area contributed by atoms with Gasteiger partial charge in [-0.2, -0.15) is 0 Å². The minimum atomic E-state index is -0.0435. The van der Waals surface area contributed by atoms with Crippen molar-refractivity contribution in [2.45, 2.75) is 19.3 Å². The lowest BCUT2D eigenvalue weighted by molar-refractivity contribution is 0.284. The number of aliphatic hydroxyl groups excluding tert-OH is 1. The number of aromatic amines is 1. The van der Waals surface area contributed by atoms with Gasteiger partial charge in [-0.1, -0.05) is 12.1 Å². The lowest BCUT2D eigenvalue weighted by Gasteiger charge is -2.12. The van der Waals surface area contributed by atoms with Gasteiger partial charge in [0.25, 0.3) is 0 Å². The number of rotatable bonds is 9. The second-order valence-corrected chi connectivity index (χ2v) is 7.26. The van der Waals surface area contributed by atoms with Crippen molar-refractivity contribution < 1.29 is 19.7 Å². The van der Waals surface area contributed by atoms with Crippen LogP contribution in [0.5, 0.6) is 17.2 Å². The Morgan fingerprint density at radius 1 is 0.968 bits per heavy atom. The molecule has 0 atom stereocenters. The van der Waals surface area contributed by atoms with Crippen molar-refractivity contribution in [3.63, 3.8) is 0 Å². The molecule has 0 amide bonds. The van der Waals surface area contributed by atoms with Crippen molar-refractivity contribution in [1.29, 1.82) is 0 Å². The Morgan fingerprint density at radius 2 is 1.58 bits per heavy atom. The van der Waals surface area contributed by atoms with Gasteiger partial charge in [0.1, 0.15) is 5.82 Å². The van der Waals surface area contributed by atoms with Crippen LogP contribution in [0.2, 0.25) is 0 Å². The van der Waals surface area contributed by atoms with Crippen LogP contribution < -0.4 is 14.4 Å². The molecule has 0 spiro atoms. The minimum absolute atomic E-state index is 0. The van der Waals surface area contributed by atoms with Gasteiger partial charge in [-0.3, -0.25) is 0 Å². The highest BCUT2D eigenvalue weighted by Gasteiger charge is 2.18. The van der Waals surface area contributed by atoms with E-state index < -0.39 is 0 Å². The summed E-state index contributed by atoms with van der Waals surface area (Å²) in [4.78, 5) is 10.3. The number of aromatic nitrogens is 2. The average molecular weight is 448 g/mol. The number of aliphatic hydroxyl groups is 1. The van der Waals surface area contributed by atoms with Crippen molar-refractivity contribution >= 4 is 18.1 Å². The monoisotopic (exact) mass is 447 g/mol. The molecule has 7 nitrogen and oxygen atoms in total. The molecule has 0 radical (unpaired) electrons. The van der Waals surface area contributed by atoms with Crippen LogP contribution in [0, 0.1) is 0 Å². The summed E-state index contributed by atoms with van der Waals surface area (Å²) < 4.78 is 10.6. The van der Waals surface area contributed by atoms with Gasteiger partial charge in [0, 0.05) is 43.2 Å². The third kappa shape index (κ3) is 5.42. The predicted molar refractivity (Wildman–Crippen MR) is 126 cm³/mol. The third-order valence-electron chi connectivity index (χ3n) is 5.02. The summed E-state index contributed by atoms with van der Waals surface area (Å²) in [5, 5.41) is 19.4. The summed E-state index contributed by atoms with van der Waals surface area (Å²) in [6, 6.07) is 11.7. The fraction of sp³-hybridized carbons (Fsp3) is 0.348. The van der Waals surface area contributed by atoms with Gasteiger partial charge in [0.15, 0.2) is 11.5 Å². The Morgan fingerprint density at radius 3 is 2.10 bits per heavy atom. The van der Waals surface area contributed by atoms with E-state index in [-0.39, 0.29) is 24.8 Å². The molecule has 31 heavy (non-hydrogen) atoms. The van der Waals surface area contributed by atoms with E-state index in [1.165, 1.54) is 14.2 Å². The number of benzene rings is 2. The lowest BCUT2D eigenvalue weighted by Crippen LogP contribution is -2.07. The number of unbranched alkanes of at least 4 members (excludes halogenated alkanes) is 1. The second kappa shape index (κ2) is 10.9. The maximum atomic E-state index is 10.2. The van der Waals surface area contributed by atoms with Gasteiger partial charge >= 0.3 is 0 Å². The molecule has 3 N–H and O–H groups in total. The van der Waals surface area contributed by atoms with Gasteiger partial charge < -0.3 is 29.6 Å². The molecule has 0 aliphatic heterocycles. The van der Waals surface area contributed by atoms with Gasteiger partial charge in [0.05, 0.1) is 19.9 Å². The van der Waals surface area contributed by atoms with Gasteiger partial charge in [-0.15, -0.1) is 12.4 Å². The highest BCUT2D eigenvalue weighted by Crippen LogP contribution is 2.40. The number of aromatic hydroxyl groups is 1. The highest BCUT2D eigenvalue weighted by molar-refractivity contribution is 5.85. The Balaban J connectivity index is 0.00000341. The van der Waals surface area contributed by atoms with Crippen LogP contribution in [0.3, 0.4) is 0 Å². The zero-order valence-corrected chi connectivity index (χ0v) is 19.1. The molecule has 1 heterocycles. The highest BCUT2D eigenvalue weighted by atomic mass is 35.5. The first-order chi connectivity index (χ1) is 14.5. The molecule has 1 aromatic heterocycles. The molecule has 0 saturated carbocycles. The largest absolute Gasteiger partial charge is 0.502 e. The Bertz CT molecular complexity index is 962. The number of imidazole rings is 1. The minimum Gasteiger partial charge on any atom is -0.502 e. The number of H-pyrrole nitrogens is 1. The van der Waals surface area contributed by atoms with Crippen molar-refractivity contribution in [2.24, 2.45) is 0 Å². The molecule has 8 heteroatoms. The molecule has 168 valence electrons. The second-order valence-electron chi connectivity index (χ2n) is 7.26. The zero-order valence-electron chi connectivity index (χ0n) is 18.3. The average Bonchev–Trinajstić information content (AvgIpc) is 3.18. The van der Waals surface area contributed by atoms with Gasteiger partial charge in [-0.25, -0.2) is 4.98 Å². The van der Waals surface area contributed by atoms with Gasteiger partial charge in [-0.05, 0) is 43.5 Å². The van der Waals surface area contributed by atoms with Crippen molar-refractivity contribution in [1.82, 2.24) is 9.97 Å². The van der Waals surface area contributed by atoms with E-state index >= 15 is 0 Å². The molecule has 0 bridgehead atoms.